The SMILES string of the molecule is Cc1nc(C(F)(F)F)ccc1N1CC(C(N)=O)CC1=O. The average molecular weight is 287 g/mol. The molecule has 0 spiro atoms. The van der Waals surface area contributed by atoms with Crippen molar-refractivity contribution in [2.75, 3.05) is 11.4 Å². The second kappa shape index (κ2) is 4.77. The van der Waals surface area contributed by atoms with Gasteiger partial charge in [0, 0.05) is 13.0 Å². The van der Waals surface area contributed by atoms with E-state index in [0.29, 0.717) is 0 Å². The van der Waals surface area contributed by atoms with Gasteiger partial charge in [-0.3, -0.25) is 9.59 Å². The summed E-state index contributed by atoms with van der Waals surface area (Å²) in [5.74, 6) is -1.57. The van der Waals surface area contributed by atoms with E-state index in [9.17, 15) is 22.8 Å². The number of halogens is 3. The van der Waals surface area contributed by atoms with E-state index in [-0.39, 0.29) is 30.3 Å². The molecular formula is C12H12F3N3O2. The molecule has 0 aliphatic carbocycles. The van der Waals surface area contributed by atoms with Gasteiger partial charge >= 0.3 is 6.18 Å². The number of rotatable bonds is 2. The smallest absolute Gasteiger partial charge is 0.369 e. The van der Waals surface area contributed by atoms with Crippen LogP contribution in [0.25, 0.3) is 0 Å². The highest BCUT2D eigenvalue weighted by molar-refractivity contribution is 6.00. The quantitative estimate of drug-likeness (QED) is 0.889. The van der Waals surface area contributed by atoms with E-state index in [4.69, 9.17) is 5.73 Å². The van der Waals surface area contributed by atoms with Gasteiger partial charge in [-0.1, -0.05) is 0 Å². The van der Waals surface area contributed by atoms with Crippen molar-refractivity contribution in [2.24, 2.45) is 11.7 Å². The zero-order valence-electron chi connectivity index (χ0n) is 10.6. The van der Waals surface area contributed by atoms with Crippen molar-refractivity contribution < 1.29 is 22.8 Å². The second-order valence-electron chi connectivity index (χ2n) is 4.61. The van der Waals surface area contributed by atoms with Crippen LogP contribution in [0.15, 0.2) is 12.1 Å². The van der Waals surface area contributed by atoms with Crippen LogP contribution in [0.3, 0.4) is 0 Å². The van der Waals surface area contributed by atoms with Gasteiger partial charge in [-0.15, -0.1) is 0 Å². The van der Waals surface area contributed by atoms with E-state index in [1.54, 1.807) is 0 Å². The van der Waals surface area contributed by atoms with Gasteiger partial charge in [0.15, 0.2) is 0 Å². The highest BCUT2D eigenvalue weighted by atomic mass is 19.4. The number of amides is 2. The number of primary amides is 1. The molecule has 8 heteroatoms. The molecule has 2 amide bonds. The second-order valence-corrected chi connectivity index (χ2v) is 4.61. The van der Waals surface area contributed by atoms with E-state index in [0.717, 1.165) is 6.07 Å². The van der Waals surface area contributed by atoms with Gasteiger partial charge in [-0.05, 0) is 19.1 Å². The molecule has 2 heterocycles. The first-order valence-corrected chi connectivity index (χ1v) is 5.84. The number of aromatic nitrogens is 1. The van der Waals surface area contributed by atoms with E-state index in [1.807, 2.05) is 0 Å². The summed E-state index contributed by atoms with van der Waals surface area (Å²) in [5, 5.41) is 0. The van der Waals surface area contributed by atoms with E-state index < -0.39 is 23.7 Å². The summed E-state index contributed by atoms with van der Waals surface area (Å²) in [4.78, 5) is 27.6. The van der Waals surface area contributed by atoms with Crippen LogP contribution in [0.2, 0.25) is 0 Å². The van der Waals surface area contributed by atoms with Gasteiger partial charge in [0.1, 0.15) is 5.69 Å². The van der Waals surface area contributed by atoms with Crippen molar-refractivity contribution in [3.05, 3.63) is 23.5 Å². The fraction of sp³-hybridized carbons (Fsp3) is 0.417. The van der Waals surface area contributed by atoms with Gasteiger partial charge in [0.25, 0.3) is 0 Å². The number of carbonyl (C=O) groups excluding carboxylic acids is 2. The predicted molar refractivity (Wildman–Crippen MR) is 63.6 cm³/mol. The zero-order chi connectivity index (χ0) is 15.1. The van der Waals surface area contributed by atoms with Crippen LogP contribution in [0.1, 0.15) is 17.8 Å². The molecule has 1 fully saturated rings. The lowest BCUT2D eigenvalue weighted by atomic mass is 10.1. The highest BCUT2D eigenvalue weighted by Crippen LogP contribution is 2.32. The van der Waals surface area contributed by atoms with Crippen molar-refractivity contribution in [1.29, 1.82) is 0 Å². The molecule has 1 aromatic heterocycles. The lowest BCUT2D eigenvalue weighted by molar-refractivity contribution is -0.141. The predicted octanol–water partition coefficient (Wildman–Crippen LogP) is 1.25. The third kappa shape index (κ3) is 2.59. The number of carbonyl (C=O) groups is 2. The number of nitrogens with zero attached hydrogens (tertiary/aromatic N) is 2. The van der Waals surface area contributed by atoms with Gasteiger partial charge in [-0.25, -0.2) is 4.98 Å². The lowest BCUT2D eigenvalue weighted by Gasteiger charge is -2.19. The lowest BCUT2D eigenvalue weighted by Crippen LogP contribution is -2.29. The van der Waals surface area contributed by atoms with Crippen LogP contribution in [0.5, 0.6) is 0 Å². The van der Waals surface area contributed by atoms with Gasteiger partial charge in [0.05, 0.1) is 17.3 Å². The Morgan fingerprint density at radius 2 is 2.10 bits per heavy atom. The first kappa shape index (κ1) is 14.3. The topological polar surface area (TPSA) is 76.3 Å². The maximum absolute atomic E-state index is 12.5. The third-order valence-electron chi connectivity index (χ3n) is 3.17. The summed E-state index contributed by atoms with van der Waals surface area (Å²) in [6.07, 6.45) is -4.57. The minimum absolute atomic E-state index is 0.0319. The first-order valence-electron chi connectivity index (χ1n) is 5.84. The van der Waals surface area contributed by atoms with Crippen LogP contribution in [-0.4, -0.2) is 23.3 Å². The molecule has 2 N–H and O–H groups in total. The Bertz CT molecular complexity index is 572. The molecule has 1 aliphatic heterocycles. The first-order chi connectivity index (χ1) is 9.20. The van der Waals surface area contributed by atoms with Gasteiger partial charge in [0.2, 0.25) is 11.8 Å². The Balaban J connectivity index is 2.31. The third-order valence-corrected chi connectivity index (χ3v) is 3.17. The molecule has 5 nitrogen and oxygen atoms in total. The van der Waals surface area contributed by atoms with Crippen molar-refractivity contribution >= 4 is 17.5 Å². The van der Waals surface area contributed by atoms with Crippen molar-refractivity contribution in [1.82, 2.24) is 4.98 Å². The Morgan fingerprint density at radius 3 is 2.55 bits per heavy atom. The van der Waals surface area contributed by atoms with E-state index >= 15 is 0 Å². The van der Waals surface area contributed by atoms with Crippen LogP contribution in [0.4, 0.5) is 18.9 Å². The molecule has 1 atom stereocenters. The molecule has 0 saturated carbocycles. The average Bonchev–Trinajstić information content (AvgIpc) is 2.70. The number of hydrogen-bond donors (Lipinski definition) is 1. The number of aryl methyl sites for hydroxylation is 1. The van der Waals surface area contributed by atoms with Crippen molar-refractivity contribution in [3.63, 3.8) is 0 Å². The molecule has 2 rings (SSSR count). The number of anilines is 1. The molecule has 1 aliphatic rings. The van der Waals surface area contributed by atoms with Gasteiger partial charge in [-0.2, -0.15) is 13.2 Å². The number of nitrogens with two attached hydrogens (primary N) is 1. The summed E-state index contributed by atoms with van der Waals surface area (Å²) >= 11 is 0. The normalized spacial score (nSPS) is 19.5. The molecule has 1 aromatic rings. The van der Waals surface area contributed by atoms with E-state index in [2.05, 4.69) is 4.98 Å². The van der Waals surface area contributed by atoms with E-state index in [1.165, 1.54) is 17.9 Å². The van der Waals surface area contributed by atoms with Crippen LogP contribution in [-0.2, 0) is 15.8 Å². The molecule has 20 heavy (non-hydrogen) atoms. The molecule has 108 valence electrons. The standard InChI is InChI=1S/C12H12F3N3O2/c1-6-8(2-3-9(17-6)12(13,14)15)18-5-7(11(16)20)4-10(18)19/h2-3,7H,4-5H2,1H3,(H2,16,20). The molecule has 1 saturated heterocycles. The Labute approximate surface area is 112 Å². The van der Waals surface area contributed by atoms with Crippen molar-refractivity contribution in [2.45, 2.75) is 19.5 Å². The molecular weight excluding hydrogens is 275 g/mol. The van der Waals surface area contributed by atoms with Crippen LogP contribution in [0, 0.1) is 12.8 Å². The summed E-state index contributed by atoms with van der Waals surface area (Å²) in [7, 11) is 0. The minimum Gasteiger partial charge on any atom is -0.369 e. The Morgan fingerprint density at radius 1 is 1.45 bits per heavy atom. The number of alkyl halides is 3. The molecule has 0 radical (unpaired) electrons. The molecule has 1 unspecified atom stereocenters. The summed E-state index contributed by atoms with van der Waals surface area (Å²) in [6.45, 7) is 1.46. The Hall–Kier alpha value is -2.12. The largest absolute Gasteiger partial charge is 0.433 e. The van der Waals surface area contributed by atoms with Crippen LogP contribution >= 0.6 is 0 Å². The summed E-state index contributed by atoms with van der Waals surface area (Å²) < 4.78 is 37.6. The number of hydrogen-bond acceptors (Lipinski definition) is 3. The number of pyridine rings is 1. The summed E-state index contributed by atoms with van der Waals surface area (Å²) in [6, 6.07) is 2.00. The fourth-order valence-electron chi connectivity index (χ4n) is 2.13. The summed E-state index contributed by atoms with van der Waals surface area (Å²) in [5.41, 5.74) is 4.47. The van der Waals surface area contributed by atoms with Gasteiger partial charge < -0.3 is 10.6 Å². The maximum atomic E-state index is 12.5. The van der Waals surface area contributed by atoms with Crippen LogP contribution < -0.4 is 10.6 Å². The van der Waals surface area contributed by atoms with Crippen molar-refractivity contribution in [3.8, 4) is 0 Å². The monoisotopic (exact) mass is 287 g/mol. The maximum Gasteiger partial charge on any atom is 0.433 e. The Kier molecular flexibility index (Phi) is 3.41. The minimum atomic E-state index is -4.53. The molecule has 0 aromatic carbocycles. The zero-order valence-corrected chi connectivity index (χ0v) is 10.6. The molecule has 0 bridgehead atoms. The highest BCUT2D eigenvalue weighted by Gasteiger charge is 2.36. The fourth-order valence-corrected chi connectivity index (χ4v) is 2.13.